The summed E-state index contributed by atoms with van der Waals surface area (Å²) in [6, 6.07) is 14.2. The minimum Gasteiger partial charge on any atom is -0.508 e. The summed E-state index contributed by atoms with van der Waals surface area (Å²) in [6.45, 7) is 0.0477. The summed E-state index contributed by atoms with van der Waals surface area (Å²) in [7, 11) is 0. The molecule has 2 aromatic carbocycles. The molecule has 0 amide bonds. The lowest BCUT2D eigenvalue weighted by atomic mass is 10.1. The zero-order valence-electron chi connectivity index (χ0n) is 13.6. The molecule has 2 heterocycles. The fourth-order valence-electron chi connectivity index (χ4n) is 2.81. The molecule has 2 aromatic heterocycles. The van der Waals surface area contributed by atoms with Gasteiger partial charge in [-0.3, -0.25) is 4.79 Å². The first-order valence-electron chi connectivity index (χ1n) is 7.99. The van der Waals surface area contributed by atoms with Gasteiger partial charge in [-0.15, -0.1) is 0 Å². The van der Waals surface area contributed by atoms with Gasteiger partial charge in [-0.1, -0.05) is 29.8 Å². The van der Waals surface area contributed by atoms with Crippen molar-refractivity contribution in [2.24, 2.45) is 0 Å². The highest BCUT2D eigenvalue weighted by Crippen LogP contribution is 2.26. The number of hydrogen-bond acceptors (Lipinski definition) is 5. The average Bonchev–Trinajstić information content (AvgIpc) is 3.01. The summed E-state index contributed by atoms with van der Waals surface area (Å²) < 4.78 is 10.7. The molecule has 26 heavy (non-hydrogen) atoms. The van der Waals surface area contributed by atoms with E-state index in [1.54, 1.807) is 12.1 Å². The Morgan fingerprint density at radius 1 is 1.15 bits per heavy atom. The van der Waals surface area contributed by atoms with E-state index in [2.05, 4.69) is 4.98 Å². The Labute approximate surface area is 153 Å². The van der Waals surface area contributed by atoms with Gasteiger partial charge in [-0.25, -0.2) is 4.98 Å². The number of pyridine rings is 1. The number of aromatic nitrogens is 1. The van der Waals surface area contributed by atoms with Crippen LogP contribution in [-0.2, 0) is 22.6 Å². The molecule has 4 rings (SSSR count). The molecule has 0 bridgehead atoms. The summed E-state index contributed by atoms with van der Waals surface area (Å²) in [5.74, 6) is -0.288. The highest BCUT2D eigenvalue weighted by molar-refractivity contribution is 6.30. The van der Waals surface area contributed by atoms with Gasteiger partial charge in [0.1, 0.15) is 23.1 Å². The summed E-state index contributed by atoms with van der Waals surface area (Å²) >= 11 is 6.18. The van der Waals surface area contributed by atoms with Crippen molar-refractivity contribution in [1.82, 2.24) is 4.98 Å². The van der Waals surface area contributed by atoms with Crippen LogP contribution in [-0.4, -0.2) is 16.1 Å². The molecule has 0 aliphatic carbocycles. The number of fused-ring (bicyclic) bond motifs is 2. The Morgan fingerprint density at radius 3 is 2.88 bits per heavy atom. The smallest absolute Gasteiger partial charge is 0.310 e. The lowest BCUT2D eigenvalue weighted by molar-refractivity contribution is -0.144. The third-order valence-electron chi connectivity index (χ3n) is 4.11. The highest BCUT2D eigenvalue weighted by Gasteiger charge is 2.13. The first-order valence-corrected chi connectivity index (χ1v) is 8.37. The second-order valence-electron chi connectivity index (χ2n) is 5.91. The van der Waals surface area contributed by atoms with Crippen LogP contribution in [0.1, 0.15) is 11.1 Å². The summed E-state index contributed by atoms with van der Waals surface area (Å²) in [5.41, 5.74) is 2.67. The van der Waals surface area contributed by atoms with E-state index >= 15 is 0 Å². The van der Waals surface area contributed by atoms with Crippen molar-refractivity contribution in [1.29, 1.82) is 0 Å². The molecule has 4 aromatic rings. The maximum atomic E-state index is 12.2. The van der Waals surface area contributed by atoms with E-state index in [0.717, 1.165) is 16.3 Å². The van der Waals surface area contributed by atoms with Crippen LogP contribution in [0.2, 0.25) is 5.15 Å². The topological polar surface area (TPSA) is 72.6 Å². The third kappa shape index (κ3) is 3.21. The van der Waals surface area contributed by atoms with Gasteiger partial charge in [0.25, 0.3) is 0 Å². The lowest BCUT2D eigenvalue weighted by Gasteiger charge is -2.07. The van der Waals surface area contributed by atoms with E-state index < -0.39 is 5.97 Å². The van der Waals surface area contributed by atoms with E-state index in [4.69, 9.17) is 20.8 Å². The van der Waals surface area contributed by atoms with Crippen LogP contribution in [0.25, 0.3) is 21.9 Å². The standard InChI is InChI=1S/C20H14ClNO4/c21-20-14(7-12-3-1-2-4-17(12)22-20)11-26-19(24)8-13-10-25-18-9-15(23)5-6-16(13)18/h1-7,9-10,23H,8,11H2. The van der Waals surface area contributed by atoms with Gasteiger partial charge < -0.3 is 14.3 Å². The fourth-order valence-corrected chi connectivity index (χ4v) is 3.01. The van der Waals surface area contributed by atoms with Gasteiger partial charge in [-0.2, -0.15) is 0 Å². The maximum absolute atomic E-state index is 12.2. The van der Waals surface area contributed by atoms with Crippen LogP contribution >= 0.6 is 11.6 Å². The highest BCUT2D eigenvalue weighted by atomic mass is 35.5. The molecule has 0 fully saturated rings. The molecule has 0 radical (unpaired) electrons. The molecule has 0 saturated heterocycles. The first kappa shape index (κ1) is 16.4. The molecule has 5 nitrogen and oxygen atoms in total. The van der Waals surface area contributed by atoms with Gasteiger partial charge in [0.05, 0.1) is 18.2 Å². The van der Waals surface area contributed by atoms with Crippen molar-refractivity contribution >= 4 is 39.4 Å². The minimum absolute atomic E-state index is 0.0477. The quantitative estimate of drug-likeness (QED) is 0.420. The monoisotopic (exact) mass is 367 g/mol. The van der Waals surface area contributed by atoms with Crippen LogP contribution in [0.3, 0.4) is 0 Å². The second kappa shape index (κ2) is 6.69. The Kier molecular flexibility index (Phi) is 4.22. The zero-order chi connectivity index (χ0) is 18.1. The number of halogens is 1. The number of furan rings is 1. The van der Waals surface area contributed by atoms with Crippen LogP contribution < -0.4 is 0 Å². The van der Waals surface area contributed by atoms with Gasteiger partial charge in [0, 0.05) is 28.0 Å². The number of carbonyl (C=O) groups is 1. The van der Waals surface area contributed by atoms with E-state index in [1.807, 2.05) is 30.3 Å². The van der Waals surface area contributed by atoms with Crippen molar-refractivity contribution < 1.29 is 19.1 Å². The van der Waals surface area contributed by atoms with Gasteiger partial charge in [0.2, 0.25) is 0 Å². The van der Waals surface area contributed by atoms with E-state index in [9.17, 15) is 9.90 Å². The first-order chi connectivity index (χ1) is 12.6. The molecular weight excluding hydrogens is 354 g/mol. The number of hydrogen-bond donors (Lipinski definition) is 1. The van der Waals surface area contributed by atoms with Gasteiger partial charge in [0.15, 0.2) is 0 Å². The second-order valence-corrected chi connectivity index (χ2v) is 6.27. The van der Waals surface area contributed by atoms with Crippen LogP contribution in [0.4, 0.5) is 0 Å². The Bertz CT molecular complexity index is 1120. The lowest BCUT2D eigenvalue weighted by Crippen LogP contribution is -2.08. The summed E-state index contributed by atoms with van der Waals surface area (Å²) in [5, 5.41) is 11.5. The number of esters is 1. The predicted molar refractivity (Wildman–Crippen MR) is 98.1 cm³/mol. The van der Waals surface area contributed by atoms with Crippen LogP contribution in [0.5, 0.6) is 5.75 Å². The molecule has 0 atom stereocenters. The number of para-hydroxylation sites is 1. The molecule has 0 spiro atoms. The molecule has 0 unspecified atom stereocenters. The number of rotatable bonds is 4. The molecular formula is C20H14ClNO4. The van der Waals surface area contributed by atoms with Gasteiger partial charge >= 0.3 is 5.97 Å². The number of carbonyl (C=O) groups excluding carboxylic acids is 1. The molecule has 6 heteroatoms. The molecule has 130 valence electrons. The van der Waals surface area contributed by atoms with Crippen molar-refractivity contribution in [2.45, 2.75) is 13.0 Å². The molecule has 0 aliphatic heterocycles. The van der Waals surface area contributed by atoms with Crippen molar-refractivity contribution in [2.75, 3.05) is 0 Å². The molecule has 0 saturated carbocycles. The maximum Gasteiger partial charge on any atom is 0.310 e. The van der Waals surface area contributed by atoms with Crippen molar-refractivity contribution in [3.8, 4) is 5.75 Å². The summed E-state index contributed by atoms with van der Waals surface area (Å²) in [6.07, 6.45) is 1.56. The number of aromatic hydroxyl groups is 1. The molecule has 1 N–H and O–H groups in total. The Morgan fingerprint density at radius 2 is 2.00 bits per heavy atom. The van der Waals surface area contributed by atoms with Crippen LogP contribution in [0.15, 0.2) is 59.2 Å². The third-order valence-corrected chi connectivity index (χ3v) is 4.44. The number of nitrogens with zero attached hydrogens (tertiary/aromatic N) is 1. The van der Waals surface area contributed by atoms with Crippen molar-refractivity contribution in [3.63, 3.8) is 0 Å². The van der Waals surface area contributed by atoms with E-state index in [1.165, 1.54) is 12.3 Å². The normalized spacial score (nSPS) is 11.1. The SMILES string of the molecule is O=C(Cc1coc2cc(O)ccc12)OCc1cc2ccccc2nc1Cl. The molecule has 0 aliphatic rings. The number of phenols is 1. The number of benzene rings is 2. The number of ether oxygens (including phenoxy) is 1. The Balaban J connectivity index is 1.47. The van der Waals surface area contributed by atoms with Crippen LogP contribution in [0, 0.1) is 0 Å². The minimum atomic E-state index is -0.398. The van der Waals surface area contributed by atoms with E-state index in [0.29, 0.717) is 21.9 Å². The largest absolute Gasteiger partial charge is 0.508 e. The zero-order valence-corrected chi connectivity index (χ0v) is 14.4. The van der Waals surface area contributed by atoms with Gasteiger partial charge in [-0.05, 0) is 24.3 Å². The summed E-state index contributed by atoms with van der Waals surface area (Å²) in [4.78, 5) is 16.5. The average molecular weight is 368 g/mol. The fraction of sp³-hybridized carbons (Fsp3) is 0.100. The van der Waals surface area contributed by atoms with E-state index in [-0.39, 0.29) is 18.8 Å². The predicted octanol–water partition coefficient (Wildman–Crippen LogP) is 4.63. The van der Waals surface area contributed by atoms with Crippen molar-refractivity contribution in [3.05, 3.63) is 71.1 Å². The number of phenolic OH excluding ortho intramolecular Hbond substituents is 1. The Hall–Kier alpha value is -3.05.